The van der Waals surface area contributed by atoms with Crippen LogP contribution in [0.15, 0.2) is 65.6 Å². The van der Waals surface area contributed by atoms with Gasteiger partial charge < -0.3 is 34.4 Å². The number of ether oxygens (including phenoxy) is 2. The van der Waals surface area contributed by atoms with Crippen LogP contribution < -0.4 is 10.2 Å². The molecule has 6 aliphatic rings. The largest absolute Gasteiger partial charge is 0.453 e. The summed E-state index contributed by atoms with van der Waals surface area (Å²) in [5.41, 5.74) is 2.30. The molecular formula is C44H61FN6O6S. The Morgan fingerprint density at radius 2 is 1.62 bits per heavy atom. The molecule has 1 N–H and O–H groups in total. The minimum absolute atomic E-state index is 0.0128. The van der Waals surface area contributed by atoms with Crippen molar-refractivity contribution >= 4 is 27.5 Å². The van der Waals surface area contributed by atoms with E-state index in [1.807, 2.05) is 18.2 Å². The number of methoxy groups -OCH3 is 1. The number of nitrogens with zero attached hydrogens (tertiary/aromatic N) is 5. The summed E-state index contributed by atoms with van der Waals surface area (Å²) in [6.45, 7) is 15.5. The van der Waals surface area contributed by atoms with Crippen molar-refractivity contribution in [1.82, 2.24) is 24.9 Å². The van der Waals surface area contributed by atoms with Crippen LogP contribution in [0.1, 0.15) is 44.1 Å². The third-order valence-corrected chi connectivity index (χ3v) is 16.3. The molecule has 2 aromatic carbocycles. The molecule has 0 radical (unpaired) electrons. The minimum atomic E-state index is -3.56. The van der Waals surface area contributed by atoms with Crippen molar-refractivity contribution in [2.45, 2.75) is 60.1 Å². The zero-order valence-electron chi connectivity index (χ0n) is 34.0. The van der Waals surface area contributed by atoms with Crippen molar-refractivity contribution in [2.75, 3.05) is 110 Å². The number of alkyl carbamates (subject to hydrolysis) is 1. The molecule has 0 aromatic heterocycles. The Balaban J connectivity index is 0.846. The van der Waals surface area contributed by atoms with Crippen molar-refractivity contribution in [3.8, 4) is 0 Å². The lowest BCUT2D eigenvalue weighted by atomic mass is 9.57. The van der Waals surface area contributed by atoms with Gasteiger partial charge in [-0.1, -0.05) is 25.1 Å². The third kappa shape index (κ3) is 8.54. The van der Waals surface area contributed by atoms with Gasteiger partial charge >= 0.3 is 6.09 Å². The number of carbonyl (C=O) groups is 2. The Labute approximate surface area is 343 Å². The highest BCUT2D eigenvalue weighted by molar-refractivity contribution is 7.92. The van der Waals surface area contributed by atoms with E-state index in [1.54, 1.807) is 23.1 Å². The van der Waals surface area contributed by atoms with Crippen LogP contribution in [0.25, 0.3) is 0 Å². The molecule has 0 unspecified atom stereocenters. The van der Waals surface area contributed by atoms with Gasteiger partial charge in [-0.3, -0.25) is 9.69 Å². The fourth-order valence-electron chi connectivity index (χ4n) is 10.8. The lowest BCUT2D eigenvalue weighted by molar-refractivity contribution is -0.130. The molecule has 1 aliphatic carbocycles. The van der Waals surface area contributed by atoms with Crippen LogP contribution in [0.4, 0.5) is 14.9 Å². The number of carbonyl (C=O) groups excluding carboxylic acids is 2. The van der Waals surface area contributed by atoms with Gasteiger partial charge in [0.05, 0.1) is 25.2 Å². The maximum absolute atomic E-state index is 15.0. The predicted octanol–water partition coefficient (Wildman–Crippen LogP) is 4.02. The first-order chi connectivity index (χ1) is 28.0. The van der Waals surface area contributed by atoms with Crippen molar-refractivity contribution in [1.29, 1.82) is 0 Å². The number of sulfone groups is 1. The van der Waals surface area contributed by atoms with Crippen molar-refractivity contribution in [2.24, 2.45) is 17.8 Å². The number of likely N-dealkylation sites (tertiary alicyclic amines) is 3. The van der Waals surface area contributed by atoms with Gasteiger partial charge in [0.2, 0.25) is 0 Å². The number of nitrogens with one attached hydrogen (secondary N) is 1. The number of halogens is 1. The summed E-state index contributed by atoms with van der Waals surface area (Å²) in [6, 6.07) is 14.5. The lowest BCUT2D eigenvalue weighted by Crippen LogP contribution is -2.60. The topological polar surface area (TPSA) is 115 Å². The van der Waals surface area contributed by atoms with Gasteiger partial charge in [0.1, 0.15) is 11.1 Å². The summed E-state index contributed by atoms with van der Waals surface area (Å²) in [5.74, 6) is 0.693. The quantitative estimate of drug-likeness (QED) is 0.281. The number of benzene rings is 2. The molecule has 5 saturated heterocycles. The molecule has 2 aromatic rings. The number of hydrogen-bond acceptors (Lipinski definition) is 10. The first-order valence-electron chi connectivity index (χ1n) is 21.4. The van der Waals surface area contributed by atoms with Crippen LogP contribution in [0.5, 0.6) is 0 Å². The molecule has 58 heavy (non-hydrogen) atoms. The van der Waals surface area contributed by atoms with Gasteiger partial charge in [-0.15, -0.1) is 0 Å². The fourth-order valence-corrected chi connectivity index (χ4v) is 12.4. The van der Waals surface area contributed by atoms with E-state index in [-0.39, 0.29) is 42.2 Å². The monoisotopic (exact) mass is 820 g/mol. The Morgan fingerprint density at radius 3 is 2.28 bits per heavy atom. The second-order valence-electron chi connectivity index (χ2n) is 17.7. The van der Waals surface area contributed by atoms with Crippen LogP contribution >= 0.6 is 0 Å². The van der Waals surface area contributed by atoms with Crippen LogP contribution in [0.3, 0.4) is 0 Å². The maximum atomic E-state index is 15.0. The molecule has 14 heteroatoms. The average molecular weight is 821 g/mol. The molecule has 2 amide bonds. The summed E-state index contributed by atoms with van der Waals surface area (Å²) >= 11 is 0. The highest BCUT2D eigenvalue weighted by Crippen LogP contribution is 2.51. The number of piperidine rings is 1. The summed E-state index contributed by atoms with van der Waals surface area (Å²) in [4.78, 5) is 36.9. The molecule has 0 bridgehead atoms. The second-order valence-corrected chi connectivity index (χ2v) is 19.9. The van der Waals surface area contributed by atoms with Crippen LogP contribution in [0.2, 0.25) is 0 Å². The number of rotatable bonds is 14. The normalized spacial score (nSPS) is 25.3. The highest BCUT2D eigenvalue weighted by Gasteiger charge is 2.53. The zero-order chi connectivity index (χ0) is 40.4. The van der Waals surface area contributed by atoms with E-state index in [1.165, 1.54) is 19.6 Å². The molecule has 316 valence electrons. The van der Waals surface area contributed by atoms with Gasteiger partial charge in [-0.25, -0.2) is 17.6 Å². The van der Waals surface area contributed by atoms with Gasteiger partial charge in [-0.2, -0.15) is 0 Å². The summed E-state index contributed by atoms with van der Waals surface area (Å²) in [6.07, 6.45) is 5.77. The first kappa shape index (κ1) is 41.2. The number of amides is 2. The molecule has 5 heterocycles. The third-order valence-electron chi connectivity index (χ3n) is 14.2. The number of hydrogen-bond donors (Lipinski definition) is 1. The molecular weight excluding hydrogens is 760 g/mol. The molecule has 3 atom stereocenters. The van der Waals surface area contributed by atoms with Crippen molar-refractivity contribution in [3.05, 3.63) is 72.1 Å². The second kappa shape index (κ2) is 17.6. The maximum Gasteiger partial charge on any atom is 0.407 e. The van der Waals surface area contributed by atoms with E-state index >= 15 is 4.39 Å². The van der Waals surface area contributed by atoms with Crippen LogP contribution in [-0.2, 0) is 29.5 Å². The first-order valence-corrected chi connectivity index (χ1v) is 23.0. The molecule has 5 aliphatic heterocycles. The van der Waals surface area contributed by atoms with Gasteiger partial charge in [0.15, 0.2) is 9.84 Å². The smallest absolute Gasteiger partial charge is 0.407 e. The Kier molecular flexibility index (Phi) is 12.5. The van der Waals surface area contributed by atoms with Gasteiger partial charge in [0.25, 0.3) is 5.91 Å². The van der Waals surface area contributed by atoms with E-state index < -0.39 is 21.2 Å². The van der Waals surface area contributed by atoms with Crippen LogP contribution in [-0.4, -0.2) is 157 Å². The summed E-state index contributed by atoms with van der Waals surface area (Å²) in [5, 5.41) is 2.58. The Morgan fingerprint density at radius 1 is 0.897 bits per heavy atom. The molecule has 0 spiro atoms. The fraction of sp³-hybridized carbons (Fsp3) is 0.636. The Bertz CT molecular complexity index is 1890. The molecule has 6 fully saturated rings. The van der Waals surface area contributed by atoms with Crippen LogP contribution in [0, 0.1) is 23.6 Å². The van der Waals surface area contributed by atoms with E-state index in [9.17, 15) is 18.0 Å². The molecule has 12 nitrogen and oxygen atoms in total. The average Bonchev–Trinajstić information content (AvgIpc) is 3.64. The molecule has 1 saturated carbocycles. The SMILES string of the molecule is C=C(CN1CCOCC1)C(=O)N1CC(S(=O)(=O)c2ccc(N3CC(CN4CCC([C@@](CN5CCC5)(c5cccc(F)c5)[C@H]5CCC[C@@H]5NC(=O)OC)CC4)C3)cc2)C1. The standard InChI is InChI=1S/C44H61FN6O6S/c1-32(25-48-20-22-57-23-21-48)42(52)51-29-39(30-51)58(54,55)38-12-10-37(11-13-38)50-27-33(28-50)26-47-18-14-34(15-19-47)44(31-49-16-5-17-49,35-6-3-7-36(45)24-35)40-8-4-9-41(40)46-43(53)56-2/h3,6-7,10-13,24,33-34,39-41H,1,4-5,8-9,14-23,25-31H2,2H3,(H,46,53)/t40-,41-,44-/m0/s1. The van der Waals surface area contributed by atoms with E-state index in [2.05, 4.69) is 37.6 Å². The number of morpholine rings is 1. The highest BCUT2D eigenvalue weighted by atomic mass is 32.2. The summed E-state index contributed by atoms with van der Waals surface area (Å²) < 4.78 is 52.4. The van der Waals surface area contributed by atoms with Gasteiger partial charge in [0, 0.05) is 87.5 Å². The van der Waals surface area contributed by atoms with E-state index in [0.29, 0.717) is 42.1 Å². The lowest BCUT2D eigenvalue weighted by Gasteiger charge is -2.54. The van der Waals surface area contributed by atoms with E-state index in [4.69, 9.17) is 9.47 Å². The van der Waals surface area contributed by atoms with Crippen molar-refractivity contribution < 1.29 is 31.9 Å². The van der Waals surface area contributed by atoms with Crippen molar-refractivity contribution in [3.63, 3.8) is 0 Å². The van der Waals surface area contributed by atoms with Gasteiger partial charge in [-0.05, 0) is 112 Å². The predicted molar refractivity (Wildman–Crippen MR) is 221 cm³/mol. The zero-order valence-corrected chi connectivity index (χ0v) is 34.9. The summed E-state index contributed by atoms with van der Waals surface area (Å²) in [7, 11) is -2.14. The Hall–Kier alpha value is -3.56. The minimum Gasteiger partial charge on any atom is -0.453 e. The number of anilines is 1. The molecule has 8 rings (SSSR count). The van der Waals surface area contributed by atoms with E-state index in [0.717, 1.165) is 109 Å².